The standard InChI is InChI=1S/C13H20N2O/c1-10-2-3-12(11(14)8-10)15-9-13(4-5-13)6-7-16/h2-3,8,15-16H,4-7,9,14H2,1H3. The number of anilines is 2. The second-order valence-corrected chi connectivity index (χ2v) is 4.92. The Hall–Kier alpha value is -1.22. The van der Waals surface area contributed by atoms with Crippen molar-refractivity contribution in [1.29, 1.82) is 0 Å². The molecule has 0 radical (unpaired) electrons. The van der Waals surface area contributed by atoms with Gasteiger partial charge in [0.25, 0.3) is 0 Å². The number of aliphatic hydroxyl groups is 1. The number of nitrogen functional groups attached to an aromatic ring is 1. The van der Waals surface area contributed by atoms with Crippen LogP contribution in [0.5, 0.6) is 0 Å². The zero-order chi connectivity index (χ0) is 11.6. The Balaban J connectivity index is 1.94. The zero-order valence-electron chi connectivity index (χ0n) is 9.79. The molecule has 16 heavy (non-hydrogen) atoms. The van der Waals surface area contributed by atoms with Crippen LogP contribution in [-0.4, -0.2) is 18.3 Å². The molecule has 0 saturated heterocycles. The Morgan fingerprint density at radius 1 is 1.44 bits per heavy atom. The molecular formula is C13H20N2O. The smallest absolute Gasteiger partial charge is 0.0574 e. The average Bonchev–Trinajstić information content (AvgIpc) is 2.98. The summed E-state index contributed by atoms with van der Waals surface area (Å²) in [5.41, 5.74) is 9.25. The van der Waals surface area contributed by atoms with Gasteiger partial charge < -0.3 is 16.2 Å². The lowest BCUT2D eigenvalue weighted by Gasteiger charge is -2.16. The SMILES string of the molecule is Cc1ccc(NCC2(CCO)CC2)c(N)c1. The number of hydrogen-bond acceptors (Lipinski definition) is 3. The van der Waals surface area contributed by atoms with Crippen molar-refractivity contribution in [3.63, 3.8) is 0 Å². The Labute approximate surface area is 96.7 Å². The van der Waals surface area contributed by atoms with Gasteiger partial charge in [0, 0.05) is 13.2 Å². The topological polar surface area (TPSA) is 58.3 Å². The molecule has 1 aromatic carbocycles. The van der Waals surface area contributed by atoms with E-state index in [0.29, 0.717) is 5.41 Å². The van der Waals surface area contributed by atoms with Crippen LogP contribution in [0.25, 0.3) is 0 Å². The van der Waals surface area contributed by atoms with Crippen molar-refractivity contribution in [2.75, 3.05) is 24.2 Å². The average molecular weight is 220 g/mol. The van der Waals surface area contributed by atoms with E-state index < -0.39 is 0 Å². The van der Waals surface area contributed by atoms with Crippen LogP contribution in [0.2, 0.25) is 0 Å². The fourth-order valence-electron chi connectivity index (χ4n) is 2.05. The first-order chi connectivity index (χ1) is 7.65. The zero-order valence-corrected chi connectivity index (χ0v) is 9.79. The number of benzene rings is 1. The number of nitrogens with one attached hydrogen (secondary N) is 1. The minimum absolute atomic E-state index is 0.283. The summed E-state index contributed by atoms with van der Waals surface area (Å²) in [6, 6.07) is 6.07. The molecule has 2 rings (SSSR count). The van der Waals surface area contributed by atoms with Gasteiger partial charge in [-0.05, 0) is 49.3 Å². The predicted molar refractivity (Wildman–Crippen MR) is 67.5 cm³/mol. The van der Waals surface area contributed by atoms with Crippen molar-refractivity contribution in [3.8, 4) is 0 Å². The van der Waals surface area contributed by atoms with E-state index in [1.807, 2.05) is 19.1 Å². The maximum atomic E-state index is 8.98. The number of hydrogen-bond donors (Lipinski definition) is 3. The van der Waals surface area contributed by atoms with Gasteiger partial charge in [-0.25, -0.2) is 0 Å². The van der Waals surface area contributed by atoms with Gasteiger partial charge in [0.2, 0.25) is 0 Å². The highest BCUT2D eigenvalue weighted by Crippen LogP contribution is 2.48. The van der Waals surface area contributed by atoms with Gasteiger partial charge in [-0.1, -0.05) is 6.07 Å². The van der Waals surface area contributed by atoms with Crippen LogP contribution in [-0.2, 0) is 0 Å². The minimum Gasteiger partial charge on any atom is -0.397 e. The molecule has 0 aromatic heterocycles. The molecule has 3 heteroatoms. The summed E-state index contributed by atoms with van der Waals surface area (Å²) < 4.78 is 0. The summed E-state index contributed by atoms with van der Waals surface area (Å²) in [6.45, 7) is 3.24. The van der Waals surface area contributed by atoms with E-state index in [1.165, 1.54) is 18.4 Å². The van der Waals surface area contributed by atoms with Crippen molar-refractivity contribution in [2.45, 2.75) is 26.2 Å². The number of aryl methyl sites for hydroxylation is 1. The molecular weight excluding hydrogens is 200 g/mol. The molecule has 3 nitrogen and oxygen atoms in total. The second-order valence-electron chi connectivity index (χ2n) is 4.92. The third-order valence-electron chi connectivity index (χ3n) is 3.46. The van der Waals surface area contributed by atoms with Gasteiger partial charge >= 0.3 is 0 Å². The maximum Gasteiger partial charge on any atom is 0.0574 e. The molecule has 0 heterocycles. The molecule has 0 unspecified atom stereocenters. The normalized spacial score (nSPS) is 17.1. The van der Waals surface area contributed by atoms with Crippen molar-refractivity contribution >= 4 is 11.4 Å². The van der Waals surface area contributed by atoms with E-state index in [4.69, 9.17) is 10.8 Å². The van der Waals surface area contributed by atoms with E-state index in [2.05, 4.69) is 11.4 Å². The third kappa shape index (κ3) is 2.47. The summed E-state index contributed by atoms with van der Waals surface area (Å²) in [4.78, 5) is 0. The molecule has 88 valence electrons. The van der Waals surface area contributed by atoms with Crippen LogP contribution in [0.3, 0.4) is 0 Å². The fraction of sp³-hybridized carbons (Fsp3) is 0.538. The van der Waals surface area contributed by atoms with Gasteiger partial charge in [0.15, 0.2) is 0 Å². The number of aliphatic hydroxyl groups excluding tert-OH is 1. The minimum atomic E-state index is 0.283. The lowest BCUT2D eigenvalue weighted by Crippen LogP contribution is -2.17. The van der Waals surface area contributed by atoms with Gasteiger partial charge in [-0.2, -0.15) is 0 Å². The van der Waals surface area contributed by atoms with E-state index in [0.717, 1.165) is 24.3 Å². The summed E-state index contributed by atoms with van der Waals surface area (Å²) >= 11 is 0. The summed E-state index contributed by atoms with van der Waals surface area (Å²) in [5.74, 6) is 0. The lowest BCUT2D eigenvalue weighted by molar-refractivity contribution is 0.253. The Morgan fingerprint density at radius 3 is 2.75 bits per heavy atom. The van der Waals surface area contributed by atoms with Crippen LogP contribution in [0.1, 0.15) is 24.8 Å². The van der Waals surface area contributed by atoms with Crippen LogP contribution < -0.4 is 11.1 Å². The van der Waals surface area contributed by atoms with Crippen LogP contribution in [0.15, 0.2) is 18.2 Å². The van der Waals surface area contributed by atoms with E-state index >= 15 is 0 Å². The molecule has 1 aliphatic carbocycles. The van der Waals surface area contributed by atoms with E-state index in [-0.39, 0.29) is 6.61 Å². The molecule has 1 fully saturated rings. The van der Waals surface area contributed by atoms with Crippen LogP contribution in [0.4, 0.5) is 11.4 Å². The molecule has 0 bridgehead atoms. The van der Waals surface area contributed by atoms with Gasteiger partial charge in [0.05, 0.1) is 11.4 Å². The third-order valence-corrected chi connectivity index (χ3v) is 3.46. The predicted octanol–water partition coefficient (Wildman–Crippen LogP) is 2.15. The fourth-order valence-corrected chi connectivity index (χ4v) is 2.05. The summed E-state index contributed by atoms with van der Waals surface area (Å²) in [5, 5.41) is 12.4. The molecule has 1 saturated carbocycles. The van der Waals surface area contributed by atoms with Crippen LogP contribution in [0, 0.1) is 12.3 Å². The molecule has 0 amide bonds. The molecule has 1 aliphatic rings. The van der Waals surface area contributed by atoms with Gasteiger partial charge in [-0.15, -0.1) is 0 Å². The Bertz CT molecular complexity index is 372. The lowest BCUT2D eigenvalue weighted by atomic mass is 10.0. The van der Waals surface area contributed by atoms with Gasteiger partial charge in [0.1, 0.15) is 0 Å². The van der Waals surface area contributed by atoms with Gasteiger partial charge in [-0.3, -0.25) is 0 Å². The molecule has 4 N–H and O–H groups in total. The molecule has 0 aliphatic heterocycles. The van der Waals surface area contributed by atoms with Crippen molar-refractivity contribution in [1.82, 2.24) is 0 Å². The number of rotatable bonds is 5. The highest BCUT2D eigenvalue weighted by molar-refractivity contribution is 5.67. The first-order valence-corrected chi connectivity index (χ1v) is 5.86. The molecule has 0 atom stereocenters. The van der Waals surface area contributed by atoms with E-state index in [9.17, 15) is 0 Å². The van der Waals surface area contributed by atoms with Crippen LogP contribution >= 0.6 is 0 Å². The first kappa shape index (κ1) is 11.3. The maximum absolute atomic E-state index is 8.98. The molecule has 1 aromatic rings. The largest absolute Gasteiger partial charge is 0.397 e. The molecule has 0 spiro atoms. The van der Waals surface area contributed by atoms with Crippen molar-refractivity contribution in [2.24, 2.45) is 5.41 Å². The first-order valence-electron chi connectivity index (χ1n) is 5.86. The highest BCUT2D eigenvalue weighted by atomic mass is 16.3. The quantitative estimate of drug-likeness (QED) is 0.666. The van der Waals surface area contributed by atoms with Crippen molar-refractivity contribution < 1.29 is 5.11 Å². The highest BCUT2D eigenvalue weighted by Gasteiger charge is 2.41. The summed E-state index contributed by atoms with van der Waals surface area (Å²) in [7, 11) is 0. The van der Waals surface area contributed by atoms with E-state index in [1.54, 1.807) is 0 Å². The number of nitrogens with two attached hydrogens (primary N) is 1. The van der Waals surface area contributed by atoms with Crippen molar-refractivity contribution in [3.05, 3.63) is 23.8 Å². The Kier molecular flexibility index (Phi) is 3.06. The monoisotopic (exact) mass is 220 g/mol. The Morgan fingerprint density at radius 2 is 2.19 bits per heavy atom. The summed E-state index contributed by atoms with van der Waals surface area (Å²) in [6.07, 6.45) is 3.32. The second kappa shape index (κ2) is 4.34.